The van der Waals surface area contributed by atoms with Gasteiger partial charge >= 0.3 is 0 Å². The molecular weight excluding hydrogens is 198 g/mol. The Bertz CT molecular complexity index is 349. The molecule has 2 heterocycles. The van der Waals surface area contributed by atoms with Crippen molar-refractivity contribution in [1.29, 1.82) is 0 Å². The number of hydrogen-bond donors (Lipinski definition) is 0. The molecule has 1 saturated heterocycles. The summed E-state index contributed by atoms with van der Waals surface area (Å²) in [6.07, 6.45) is 5.75. The van der Waals surface area contributed by atoms with Crippen molar-refractivity contribution < 1.29 is 0 Å². The fourth-order valence-electron chi connectivity index (χ4n) is 2.22. The van der Waals surface area contributed by atoms with E-state index in [1.54, 1.807) is 0 Å². The van der Waals surface area contributed by atoms with Gasteiger partial charge in [-0.3, -0.25) is 0 Å². The molecule has 0 radical (unpaired) electrons. The van der Waals surface area contributed by atoms with Gasteiger partial charge in [-0.15, -0.1) is 0 Å². The minimum atomic E-state index is 0.474. The largest absolute Gasteiger partial charge is 0.338 e. The van der Waals surface area contributed by atoms with Crippen molar-refractivity contribution in [3.8, 4) is 0 Å². The molecule has 3 heteroatoms. The molecule has 1 unspecified atom stereocenters. The van der Waals surface area contributed by atoms with E-state index in [0.717, 1.165) is 18.2 Å². The first-order valence-electron chi connectivity index (χ1n) is 6.28. The van der Waals surface area contributed by atoms with Gasteiger partial charge in [-0.2, -0.15) is 0 Å². The van der Waals surface area contributed by atoms with Crippen LogP contribution in [0.25, 0.3) is 0 Å². The van der Waals surface area contributed by atoms with Gasteiger partial charge in [0.25, 0.3) is 0 Å². The van der Waals surface area contributed by atoms with E-state index in [2.05, 4.69) is 35.6 Å². The number of rotatable bonds is 2. The average molecular weight is 219 g/mol. The second-order valence-corrected chi connectivity index (χ2v) is 4.97. The van der Waals surface area contributed by atoms with Gasteiger partial charge in [-0.1, -0.05) is 13.8 Å². The summed E-state index contributed by atoms with van der Waals surface area (Å²) in [5.41, 5.74) is 1.14. The highest BCUT2D eigenvalue weighted by Crippen LogP contribution is 2.22. The molecule has 1 aromatic heterocycles. The van der Waals surface area contributed by atoms with E-state index in [4.69, 9.17) is 0 Å². The van der Waals surface area contributed by atoms with Crippen LogP contribution in [0, 0.1) is 0 Å². The lowest BCUT2D eigenvalue weighted by Gasteiger charge is -2.33. The van der Waals surface area contributed by atoms with Crippen LogP contribution in [0.4, 0.5) is 5.95 Å². The summed E-state index contributed by atoms with van der Waals surface area (Å²) in [5, 5.41) is 0. The molecule has 16 heavy (non-hydrogen) atoms. The Morgan fingerprint density at radius 1 is 1.38 bits per heavy atom. The molecule has 88 valence electrons. The van der Waals surface area contributed by atoms with Gasteiger partial charge in [0.2, 0.25) is 5.95 Å². The molecule has 0 bridgehead atoms. The van der Waals surface area contributed by atoms with Crippen LogP contribution in [0.1, 0.15) is 51.6 Å². The summed E-state index contributed by atoms with van der Waals surface area (Å²) < 4.78 is 0. The van der Waals surface area contributed by atoms with Gasteiger partial charge in [0, 0.05) is 24.5 Å². The van der Waals surface area contributed by atoms with Crippen LogP contribution in [-0.2, 0) is 0 Å². The van der Waals surface area contributed by atoms with E-state index >= 15 is 0 Å². The van der Waals surface area contributed by atoms with Gasteiger partial charge in [-0.05, 0) is 38.2 Å². The van der Waals surface area contributed by atoms with Crippen molar-refractivity contribution in [3.63, 3.8) is 0 Å². The first-order valence-corrected chi connectivity index (χ1v) is 6.28. The van der Waals surface area contributed by atoms with Crippen molar-refractivity contribution in [1.82, 2.24) is 9.97 Å². The Balaban J connectivity index is 2.21. The van der Waals surface area contributed by atoms with E-state index < -0.39 is 0 Å². The lowest BCUT2D eigenvalue weighted by molar-refractivity contribution is 0.476. The zero-order valence-electron chi connectivity index (χ0n) is 10.5. The van der Waals surface area contributed by atoms with Gasteiger partial charge in [0.1, 0.15) is 0 Å². The molecule has 1 atom stereocenters. The highest BCUT2D eigenvalue weighted by Gasteiger charge is 2.20. The molecule has 0 saturated carbocycles. The standard InChI is InChI=1S/C13H21N3/c1-10(2)12-7-8-14-13(15-12)16-9-5-4-6-11(16)3/h7-8,10-11H,4-6,9H2,1-3H3. The minimum Gasteiger partial charge on any atom is -0.338 e. The van der Waals surface area contributed by atoms with Gasteiger partial charge < -0.3 is 4.90 Å². The second kappa shape index (κ2) is 4.81. The summed E-state index contributed by atoms with van der Waals surface area (Å²) >= 11 is 0. The third kappa shape index (κ3) is 2.34. The van der Waals surface area contributed by atoms with Gasteiger partial charge in [0.05, 0.1) is 0 Å². The molecule has 1 aliphatic heterocycles. The second-order valence-electron chi connectivity index (χ2n) is 4.97. The van der Waals surface area contributed by atoms with Crippen molar-refractivity contribution in [2.24, 2.45) is 0 Å². The molecule has 0 amide bonds. The maximum absolute atomic E-state index is 4.66. The molecule has 1 aliphatic rings. The van der Waals surface area contributed by atoms with Crippen molar-refractivity contribution >= 4 is 5.95 Å². The Hall–Kier alpha value is -1.12. The van der Waals surface area contributed by atoms with Crippen LogP contribution in [-0.4, -0.2) is 22.6 Å². The van der Waals surface area contributed by atoms with Crippen LogP contribution in [0.15, 0.2) is 12.3 Å². The molecule has 2 rings (SSSR count). The topological polar surface area (TPSA) is 29.0 Å². The zero-order chi connectivity index (χ0) is 11.5. The number of piperidine rings is 1. The minimum absolute atomic E-state index is 0.474. The molecule has 0 aromatic carbocycles. The monoisotopic (exact) mass is 219 g/mol. The lowest BCUT2D eigenvalue weighted by Crippen LogP contribution is -2.38. The summed E-state index contributed by atoms with van der Waals surface area (Å²) in [5.74, 6) is 1.39. The quantitative estimate of drug-likeness (QED) is 0.765. The third-order valence-corrected chi connectivity index (χ3v) is 3.32. The van der Waals surface area contributed by atoms with Crippen LogP contribution in [0.3, 0.4) is 0 Å². The number of nitrogens with zero attached hydrogens (tertiary/aromatic N) is 3. The first-order chi connectivity index (χ1) is 7.68. The Labute approximate surface area is 97.9 Å². The van der Waals surface area contributed by atoms with E-state index in [1.807, 2.05) is 12.3 Å². The van der Waals surface area contributed by atoms with Crippen molar-refractivity contribution in [2.45, 2.75) is 52.0 Å². The van der Waals surface area contributed by atoms with Crippen LogP contribution in [0.2, 0.25) is 0 Å². The highest BCUT2D eigenvalue weighted by molar-refractivity contribution is 5.33. The summed E-state index contributed by atoms with van der Waals surface area (Å²) in [7, 11) is 0. The zero-order valence-corrected chi connectivity index (χ0v) is 10.5. The SMILES string of the molecule is CC(C)c1ccnc(N2CCCCC2C)n1. The average Bonchev–Trinajstić information content (AvgIpc) is 2.30. The van der Waals surface area contributed by atoms with E-state index in [-0.39, 0.29) is 0 Å². The summed E-state index contributed by atoms with van der Waals surface area (Å²) in [4.78, 5) is 11.4. The predicted octanol–water partition coefficient (Wildman–Crippen LogP) is 2.98. The molecule has 0 spiro atoms. The van der Waals surface area contributed by atoms with E-state index in [0.29, 0.717) is 12.0 Å². The maximum atomic E-state index is 4.66. The van der Waals surface area contributed by atoms with E-state index in [1.165, 1.54) is 19.3 Å². The van der Waals surface area contributed by atoms with E-state index in [9.17, 15) is 0 Å². The smallest absolute Gasteiger partial charge is 0.225 e. The number of aromatic nitrogens is 2. The molecular formula is C13H21N3. The van der Waals surface area contributed by atoms with Crippen molar-refractivity contribution in [2.75, 3.05) is 11.4 Å². The molecule has 1 fully saturated rings. The number of anilines is 1. The van der Waals surface area contributed by atoms with Gasteiger partial charge in [0.15, 0.2) is 0 Å². The first kappa shape index (κ1) is 11.4. The van der Waals surface area contributed by atoms with Crippen LogP contribution in [0.5, 0.6) is 0 Å². The third-order valence-electron chi connectivity index (χ3n) is 3.32. The molecule has 1 aromatic rings. The number of hydrogen-bond acceptors (Lipinski definition) is 3. The fraction of sp³-hybridized carbons (Fsp3) is 0.692. The maximum Gasteiger partial charge on any atom is 0.225 e. The van der Waals surface area contributed by atoms with Gasteiger partial charge in [-0.25, -0.2) is 9.97 Å². The Morgan fingerprint density at radius 2 is 2.19 bits per heavy atom. The van der Waals surface area contributed by atoms with Crippen LogP contribution < -0.4 is 4.90 Å². The Kier molecular flexibility index (Phi) is 3.42. The van der Waals surface area contributed by atoms with Crippen molar-refractivity contribution in [3.05, 3.63) is 18.0 Å². The van der Waals surface area contributed by atoms with Crippen LogP contribution >= 0.6 is 0 Å². The fourth-order valence-corrected chi connectivity index (χ4v) is 2.22. The lowest BCUT2D eigenvalue weighted by atomic mass is 10.0. The summed E-state index contributed by atoms with van der Waals surface area (Å²) in [6, 6.07) is 2.60. The Morgan fingerprint density at radius 3 is 2.88 bits per heavy atom. The molecule has 0 aliphatic carbocycles. The normalized spacial score (nSPS) is 21.5. The highest BCUT2D eigenvalue weighted by atomic mass is 15.3. The molecule has 3 nitrogen and oxygen atoms in total. The summed E-state index contributed by atoms with van der Waals surface area (Å²) in [6.45, 7) is 7.71. The molecule has 0 N–H and O–H groups in total. The predicted molar refractivity (Wildman–Crippen MR) is 66.8 cm³/mol.